The Balaban J connectivity index is 1.40. The number of sulfonamides is 1. The quantitative estimate of drug-likeness (QED) is 0.424. The summed E-state index contributed by atoms with van der Waals surface area (Å²) in [6, 6.07) is 9.89. The molecule has 180 valence electrons. The summed E-state index contributed by atoms with van der Waals surface area (Å²) < 4.78 is 43.0. The number of furan rings is 1. The molecular weight excluding hydrogens is 460 g/mol. The van der Waals surface area contributed by atoms with Gasteiger partial charge in [-0.2, -0.15) is 4.31 Å². The van der Waals surface area contributed by atoms with Crippen LogP contribution >= 0.6 is 0 Å². The first-order chi connectivity index (χ1) is 16.5. The Morgan fingerprint density at radius 3 is 2.59 bits per heavy atom. The number of hydrogen-bond donors (Lipinski definition) is 0. The smallest absolute Gasteiger partial charge is 0.283 e. The van der Waals surface area contributed by atoms with E-state index in [-0.39, 0.29) is 23.2 Å². The number of nitrogens with zero attached hydrogens (tertiary/aromatic N) is 4. The van der Waals surface area contributed by atoms with Crippen LogP contribution in [0, 0.1) is 0 Å². The molecule has 1 amide bonds. The standard InChI is InChI=1S/C23H26N4O6S/c1-2-11-26(17-21-24-25-23(33-21)20-4-3-14-32-20)22(28)10-7-18-5-8-19(9-6-18)34(29,30)27-12-15-31-16-13-27/h3-10,14H,2,11-13,15-17H2,1H3/b10-7+. The van der Waals surface area contributed by atoms with E-state index in [1.54, 1.807) is 47.4 Å². The maximum Gasteiger partial charge on any atom is 0.283 e. The summed E-state index contributed by atoms with van der Waals surface area (Å²) in [5.74, 6) is 0.807. The first kappa shape index (κ1) is 23.9. The molecule has 1 saturated heterocycles. The number of morpholine rings is 1. The van der Waals surface area contributed by atoms with Gasteiger partial charge in [-0.3, -0.25) is 4.79 Å². The zero-order valence-corrected chi connectivity index (χ0v) is 19.6. The molecule has 0 radical (unpaired) electrons. The highest BCUT2D eigenvalue weighted by molar-refractivity contribution is 7.89. The largest absolute Gasteiger partial charge is 0.459 e. The SMILES string of the molecule is CCCN(Cc1nnc(-c2ccco2)o1)C(=O)/C=C/c1ccc(S(=O)(=O)N2CCOCC2)cc1. The van der Waals surface area contributed by atoms with Crippen LogP contribution in [0.5, 0.6) is 0 Å². The molecule has 1 aliphatic heterocycles. The minimum absolute atomic E-state index is 0.168. The summed E-state index contributed by atoms with van der Waals surface area (Å²) in [5.41, 5.74) is 0.712. The molecule has 0 spiro atoms. The molecule has 1 aliphatic rings. The van der Waals surface area contributed by atoms with E-state index >= 15 is 0 Å². The monoisotopic (exact) mass is 486 g/mol. The molecule has 34 heavy (non-hydrogen) atoms. The van der Waals surface area contributed by atoms with Crippen LogP contribution in [0.3, 0.4) is 0 Å². The summed E-state index contributed by atoms with van der Waals surface area (Å²) in [7, 11) is -3.56. The van der Waals surface area contributed by atoms with Gasteiger partial charge in [-0.05, 0) is 42.3 Å². The number of carbonyl (C=O) groups is 1. The molecule has 1 fully saturated rings. The van der Waals surface area contributed by atoms with Gasteiger partial charge in [0, 0.05) is 25.7 Å². The van der Waals surface area contributed by atoms with Crippen molar-refractivity contribution in [1.82, 2.24) is 19.4 Å². The number of carbonyl (C=O) groups excluding carboxylic acids is 1. The molecular formula is C23H26N4O6S. The Morgan fingerprint density at radius 1 is 1.15 bits per heavy atom. The van der Waals surface area contributed by atoms with Gasteiger partial charge in [0.15, 0.2) is 5.76 Å². The second-order valence-electron chi connectivity index (χ2n) is 7.66. The van der Waals surface area contributed by atoms with Crippen molar-refractivity contribution in [2.45, 2.75) is 24.8 Å². The van der Waals surface area contributed by atoms with Gasteiger partial charge in [-0.25, -0.2) is 8.42 Å². The fourth-order valence-corrected chi connectivity index (χ4v) is 4.89. The molecule has 3 aromatic rings. The zero-order valence-electron chi connectivity index (χ0n) is 18.8. The summed E-state index contributed by atoms with van der Waals surface area (Å²) in [4.78, 5) is 14.6. The summed E-state index contributed by atoms with van der Waals surface area (Å²) in [6.07, 6.45) is 5.37. The van der Waals surface area contributed by atoms with E-state index < -0.39 is 10.0 Å². The van der Waals surface area contributed by atoms with Gasteiger partial charge in [-0.1, -0.05) is 19.1 Å². The fourth-order valence-electron chi connectivity index (χ4n) is 3.48. The molecule has 4 rings (SSSR count). The number of ether oxygens (including phenoxy) is 1. The number of aromatic nitrogens is 2. The molecule has 0 atom stereocenters. The highest BCUT2D eigenvalue weighted by Crippen LogP contribution is 2.20. The second-order valence-corrected chi connectivity index (χ2v) is 9.59. The predicted octanol–water partition coefficient (Wildman–Crippen LogP) is 2.80. The van der Waals surface area contributed by atoms with Crippen molar-refractivity contribution in [3.63, 3.8) is 0 Å². The minimum Gasteiger partial charge on any atom is -0.459 e. The average Bonchev–Trinajstić information content (AvgIpc) is 3.55. The van der Waals surface area contributed by atoms with E-state index in [9.17, 15) is 13.2 Å². The van der Waals surface area contributed by atoms with E-state index in [1.807, 2.05) is 6.92 Å². The van der Waals surface area contributed by atoms with Gasteiger partial charge in [0.1, 0.15) is 0 Å². The minimum atomic E-state index is -3.56. The highest BCUT2D eigenvalue weighted by atomic mass is 32.2. The van der Waals surface area contributed by atoms with E-state index in [1.165, 1.54) is 16.6 Å². The van der Waals surface area contributed by atoms with Crippen LogP contribution < -0.4 is 0 Å². The summed E-state index contributed by atoms with van der Waals surface area (Å²) in [5, 5.41) is 7.96. The summed E-state index contributed by atoms with van der Waals surface area (Å²) in [6.45, 7) is 4.12. The van der Waals surface area contributed by atoms with Crippen molar-refractivity contribution in [2.24, 2.45) is 0 Å². The second kappa shape index (κ2) is 10.8. The Morgan fingerprint density at radius 2 is 1.91 bits per heavy atom. The Labute approximate surface area is 197 Å². The lowest BCUT2D eigenvalue weighted by atomic mass is 10.2. The summed E-state index contributed by atoms with van der Waals surface area (Å²) >= 11 is 0. The van der Waals surface area contributed by atoms with Crippen molar-refractivity contribution in [3.8, 4) is 11.7 Å². The molecule has 3 heterocycles. The molecule has 2 aromatic heterocycles. The zero-order chi connectivity index (χ0) is 24.0. The van der Waals surface area contributed by atoms with Crippen molar-refractivity contribution in [3.05, 3.63) is 60.2 Å². The highest BCUT2D eigenvalue weighted by Gasteiger charge is 2.26. The van der Waals surface area contributed by atoms with Gasteiger partial charge in [0.25, 0.3) is 5.89 Å². The van der Waals surface area contributed by atoms with Crippen LogP contribution in [0.25, 0.3) is 17.7 Å². The van der Waals surface area contributed by atoms with Gasteiger partial charge in [0.2, 0.25) is 21.8 Å². The van der Waals surface area contributed by atoms with Crippen LogP contribution in [0.15, 0.2) is 62.5 Å². The third kappa shape index (κ3) is 5.61. The molecule has 0 saturated carbocycles. The van der Waals surface area contributed by atoms with Crippen LogP contribution in [-0.4, -0.2) is 66.6 Å². The molecule has 0 bridgehead atoms. The normalized spacial score (nSPS) is 15.1. The van der Waals surface area contributed by atoms with E-state index in [4.69, 9.17) is 13.6 Å². The lowest BCUT2D eigenvalue weighted by Crippen LogP contribution is -2.40. The van der Waals surface area contributed by atoms with E-state index in [0.717, 1.165) is 6.42 Å². The van der Waals surface area contributed by atoms with Crippen molar-refractivity contribution in [2.75, 3.05) is 32.8 Å². The maximum absolute atomic E-state index is 12.8. The van der Waals surface area contributed by atoms with Gasteiger partial charge < -0.3 is 18.5 Å². The lowest BCUT2D eigenvalue weighted by molar-refractivity contribution is -0.126. The van der Waals surface area contributed by atoms with Crippen LogP contribution in [0.1, 0.15) is 24.8 Å². The molecule has 0 aliphatic carbocycles. The Kier molecular flexibility index (Phi) is 7.56. The topological polar surface area (TPSA) is 119 Å². The molecule has 0 unspecified atom stereocenters. The first-order valence-corrected chi connectivity index (χ1v) is 12.4. The van der Waals surface area contributed by atoms with Crippen molar-refractivity contribution < 1.29 is 26.8 Å². The first-order valence-electron chi connectivity index (χ1n) is 11.0. The van der Waals surface area contributed by atoms with Crippen LogP contribution in [0.2, 0.25) is 0 Å². The third-order valence-electron chi connectivity index (χ3n) is 5.24. The van der Waals surface area contributed by atoms with Gasteiger partial charge in [0.05, 0.1) is 30.9 Å². The molecule has 10 nitrogen and oxygen atoms in total. The molecule has 11 heteroatoms. The van der Waals surface area contributed by atoms with Gasteiger partial charge >= 0.3 is 0 Å². The van der Waals surface area contributed by atoms with Crippen molar-refractivity contribution in [1.29, 1.82) is 0 Å². The fraction of sp³-hybridized carbons (Fsp3) is 0.348. The average molecular weight is 487 g/mol. The van der Waals surface area contributed by atoms with Crippen molar-refractivity contribution >= 4 is 22.0 Å². The van der Waals surface area contributed by atoms with E-state index in [2.05, 4.69) is 10.2 Å². The Bertz CT molecular complexity index is 1210. The molecule has 0 N–H and O–H groups in total. The number of benzene rings is 1. The maximum atomic E-state index is 12.8. The number of rotatable bonds is 9. The van der Waals surface area contributed by atoms with E-state index in [0.29, 0.717) is 50.1 Å². The van der Waals surface area contributed by atoms with Crippen LogP contribution in [0.4, 0.5) is 0 Å². The Hall–Kier alpha value is -3.28. The molecule has 1 aromatic carbocycles. The van der Waals surface area contributed by atoms with Crippen LogP contribution in [-0.2, 0) is 26.1 Å². The lowest BCUT2D eigenvalue weighted by Gasteiger charge is -2.26. The van der Waals surface area contributed by atoms with Gasteiger partial charge in [-0.15, -0.1) is 10.2 Å². The number of hydrogen-bond acceptors (Lipinski definition) is 8. The predicted molar refractivity (Wildman–Crippen MR) is 123 cm³/mol. The number of amides is 1. The third-order valence-corrected chi connectivity index (χ3v) is 7.15.